The number of amides is 1. The van der Waals surface area contributed by atoms with Crippen molar-refractivity contribution in [3.05, 3.63) is 60.4 Å². The molecule has 0 fully saturated rings. The van der Waals surface area contributed by atoms with Crippen molar-refractivity contribution in [3.8, 4) is 22.4 Å². The fourth-order valence-corrected chi connectivity index (χ4v) is 3.80. The molecule has 0 saturated carbocycles. The molecule has 1 amide bonds. The van der Waals surface area contributed by atoms with E-state index in [1.54, 1.807) is 19.1 Å². The van der Waals surface area contributed by atoms with E-state index in [0.29, 0.717) is 17.0 Å². The van der Waals surface area contributed by atoms with Crippen LogP contribution in [0.4, 0.5) is 0 Å². The van der Waals surface area contributed by atoms with Gasteiger partial charge in [-0.1, -0.05) is 47.6 Å². The predicted octanol–water partition coefficient (Wildman–Crippen LogP) is 2.99. The van der Waals surface area contributed by atoms with Crippen LogP contribution in [-0.2, 0) is 19.6 Å². The number of aryl methyl sites for hydroxylation is 1. The molecular formula is C20H18N2O6S. The fraction of sp³-hybridized carbons (Fsp3) is 0.150. The number of rotatable bonds is 7. The Morgan fingerprint density at radius 3 is 2.28 bits per heavy atom. The van der Waals surface area contributed by atoms with E-state index in [1.165, 1.54) is 12.1 Å². The molecular weight excluding hydrogens is 396 g/mol. The maximum Gasteiger partial charge on any atom is 0.303 e. The van der Waals surface area contributed by atoms with Crippen LogP contribution in [-0.4, -0.2) is 30.6 Å². The van der Waals surface area contributed by atoms with Gasteiger partial charge in [-0.15, -0.1) is 0 Å². The molecule has 3 aromatic rings. The van der Waals surface area contributed by atoms with Crippen molar-refractivity contribution in [2.24, 2.45) is 0 Å². The topological polar surface area (TPSA) is 127 Å². The SMILES string of the molecule is Cc1onc(-c2ccccc2)c1-c1ccc(S(=O)(=O)NC(=O)CCC(=O)O)cc1. The molecule has 0 spiro atoms. The third kappa shape index (κ3) is 4.69. The molecule has 29 heavy (non-hydrogen) atoms. The first kappa shape index (κ1) is 20.3. The van der Waals surface area contributed by atoms with Crippen molar-refractivity contribution in [1.29, 1.82) is 0 Å². The number of carbonyl (C=O) groups excluding carboxylic acids is 1. The number of carboxylic acids is 1. The number of hydrogen-bond acceptors (Lipinski definition) is 6. The number of nitrogens with zero attached hydrogens (tertiary/aromatic N) is 1. The molecule has 8 nitrogen and oxygen atoms in total. The monoisotopic (exact) mass is 414 g/mol. The molecule has 0 unspecified atom stereocenters. The summed E-state index contributed by atoms with van der Waals surface area (Å²) in [5, 5.41) is 12.7. The summed E-state index contributed by atoms with van der Waals surface area (Å²) in [4.78, 5) is 22.1. The molecule has 0 bridgehead atoms. The molecule has 3 rings (SSSR count). The molecule has 0 aliphatic carbocycles. The second kappa shape index (κ2) is 8.27. The average Bonchev–Trinajstić information content (AvgIpc) is 3.08. The highest BCUT2D eigenvalue weighted by Gasteiger charge is 2.20. The zero-order chi connectivity index (χ0) is 21.0. The molecule has 9 heteroatoms. The zero-order valence-corrected chi connectivity index (χ0v) is 16.3. The smallest absolute Gasteiger partial charge is 0.303 e. The van der Waals surface area contributed by atoms with E-state index in [2.05, 4.69) is 5.16 Å². The summed E-state index contributed by atoms with van der Waals surface area (Å²) in [5.74, 6) is -1.47. The Labute approximate surface area is 167 Å². The van der Waals surface area contributed by atoms with Gasteiger partial charge in [0.2, 0.25) is 5.91 Å². The summed E-state index contributed by atoms with van der Waals surface area (Å²) in [6.07, 6.45) is -0.873. The van der Waals surface area contributed by atoms with Gasteiger partial charge in [0.05, 0.1) is 16.9 Å². The standard InChI is InChI=1S/C20H18N2O6S/c1-13-19(20(21-28-13)15-5-3-2-4-6-15)14-7-9-16(10-8-14)29(26,27)22-17(23)11-12-18(24)25/h2-10H,11-12H2,1H3,(H,22,23)(H,24,25). The van der Waals surface area contributed by atoms with E-state index in [4.69, 9.17) is 9.63 Å². The number of sulfonamides is 1. The van der Waals surface area contributed by atoms with Crippen molar-refractivity contribution in [2.45, 2.75) is 24.7 Å². The van der Waals surface area contributed by atoms with Crippen molar-refractivity contribution in [1.82, 2.24) is 9.88 Å². The number of hydrogen-bond donors (Lipinski definition) is 2. The summed E-state index contributed by atoms with van der Waals surface area (Å²) >= 11 is 0. The van der Waals surface area contributed by atoms with Gasteiger partial charge in [-0.05, 0) is 24.6 Å². The van der Waals surface area contributed by atoms with E-state index in [0.717, 1.165) is 11.1 Å². The van der Waals surface area contributed by atoms with Crippen LogP contribution in [0.5, 0.6) is 0 Å². The Morgan fingerprint density at radius 1 is 1.00 bits per heavy atom. The van der Waals surface area contributed by atoms with Crippen LogP contribution in [0, 0.1) is 6.92 Å². The third-order valence-electron chi connectivity index (χ3n) is 4.18. The van der Waals surface area contributed by atoms with Crippen LogP contribution >= 0.6 is 0 Å². The van der Waals surface area contributed by atoms with E-state index < -0.39 is 34.7 Å². The van der Waals surface area contributed by atoms with Gasteiger partial charge in [-0.3, -0.25) is 9.59 Å². The molecule has 0 aliphatic rings. The van der Waals surface area contributed by atoms with Crippen LogP contribution in [0.2, 0.25) is 0 Å². The van der Waals surface area contributed by atoms with Crippen LogP contribution in [0.25, 0.3) is 22.4 Å². The minimum atomic E-state index is -4.10. The van der Waals surface area contributed by atoms with Crippen LogP contribution in [0.3, 0.4) is 0 Å². The van der Waals surface area contributed by atoms with Crippen molar-refractivity contribution in [2.75, 3.05) is 0 Å². The van der Waals surface area contributed by atoms with Gasteiger partial charge in [0.25, 0.3) is 10.0 Å². The number of benzene rings is 2. The Balaban J connectivity index is 1.85. The van der Waals surface area contributed by atoms with Crippen LogP contribution in [0.1, 0.15) is 18.6 Å². The van der Waals surface area contributed by atoms with Gasteiger partial charge < -0.3 is 9.63 Å². The summed E-state index contributed by atoms with van der Waals surface area (Å²) in [6.45, 7) is 1.77. The molecule has 0 radical (unpaired) electrons. The molecule has 150 valence electrons. The lowest BCUT2D eigenvalue weighted by molar-refractivity contribution is -0.138. The third-order valence-corrected chi connectivity index (χ3v) is 5.57. The number of aliphatic carboxylic acids is 1. The first-order chi connectivity index (χ1) is 13.8. The Kier molecular flexibility index (Phi) is 5.79. The first-order valence-corrected chi connectivity index (χ1v) is 10.2. The van der Waals surface area contributed by atoms with Gasteiger partial charge in [0.15, 0.2) is 0 Å². The van der Waals surface area contributed by atoms with Crippen LogP contribution in [0.15, 0.2) is 64.0 Å². The largest absolute Gasteiger partial charge is 0.481 e. The minimum absolute atomic E-state index is 0.111. The highest BCUT2D eigenvalue weighted by molar-refractivity contribution is 7.90. The fourth-order valence-electron chi connectivity index (χ4n) is 2.79. The lowest BCUT2D eigenvalue weighted by atomic mass is 10.00. The summed E-state index contributed by atoms with van der Waals surface area (Å²) in [6, 6.07) is 15.4. The summed E-state index contributed by atoms with van der Waals surface area (Å²) in [5.41, 5.74) is 2.95. The van der Waals surface area contributed by atoms with E-state index in [9.17, 15) is 18.0 Å². The number of carbonyl (C=O) groups is 2. The van der Waals surface area contributed by atoms with E-state index in [-0.39, 0.29) is 4.90 Å². The van der Waals surface area contributed by atoms with Gasteiger partial charge in [0, 0.05) is 12.0 Å². The van der Waals surface area contributed by atoms with Crippen molar-refractivity contribution < 1.29 is 27.6 Å². The van der Waals surface area contributed by atoms with Crippen LogP contribution < -0.4 is 4.72 Å². The molecule has 0 aliphatic heterocycles. The number of aromatic nitrogens is 1. The Morgan fingerprint density at radius 2 is 1.66 bits per heavy atom. The normalized spacial score (nSPS) is 11.2. The van der Waals surface area contributed by atoms with Crippen molar-refractivity contribution >= 4 is 21.9 Å². The highest BCUT2D eigenvalue weighted by atomic mass is 32.2. The summed E-state index contributed by atoms with van der Waals surface area (Å²) in [7, 11) is -4.10. The molecule has 0 atom stereocenters. The molecule has 2 N–H and O–H groups in total. The van der Waals surface area contributed by atoms with Gasteiger partial charge in [-0.2, -0.15) is 0 Å². The van der Waals surface area contributed by atoms with Gasteiger partial charge in [0.1, 0.15) is 11.5 Å². The maximum atomic E-state index is 12.3. The van der Waals surface area contributed by atoms with Gasteiger partial charge >= 0.3 is 5.97 Å². The lowest BCUT2D eigenvalue weighted by Gasteiger charge is -2.08. The zero-order valence-electron chi connectivity index (χ0n) is 15.5. The minimum Gasteiger partial charge on any atom is -0.481 e. The second-order valence-corrected chi connectivity index (χ2v) is 7.96. The highest BCUT2D eigenvalue weighted by Crippen LogP contribution is 2.34. The predicted molar refractivity (Wildman–Crippen MR) is 104 cm³/mol. The first-order valence-electron chi connectivity index (χ1n) is 8.67. The quantitative estimate of drug-likeness (QED) is 0.608. The number of nitrogens with one attached hydrogen (secondary N) is 1. The number of carboxylic acid groups (broad SMARTS) is 1. The average molecular weight is 414 g/mol. The molecule has 2 aromatic carbocycles. The Bertz CT molecular complexity index is 1140. The lowest BCUT2D eigenvalue weighted by Crippen LogP contribution is -2.30. The summed E-state index contributed by atoms with van der Waals surface area (Å²) < 4.78 is 31.9. The second-order valence-electron chi connectivity index (χ2n) is 6.28. The van der Waals surface area contributed by atoms with Gasteiger partial charge in [-0.25, -0.2) is 13.1 Å². The Hall–Kier alpha value is -3.46. The molecule has 1 heterocycles. The maximum absolute atomic E-state index is 12.3. The molecule has 1 aromatic heterocycles. The van der Waals surface area contributed by atoms with E-state index >= 15 is 0 Å². The van der Waals surface area contributed by atoms with E-state index in [1.807, 2.05) is 35.1 Å². The molecule has 0 saturated heterocycles. The van der Waals surface area contributed by atoms with Crippen molar-refractivity contribution in [3.63, 3.8) is 0 Å².